The summed E-state index contributed by atoms with van der Waals surface area (Å²) < 4.78 is 0. The van der Waals surface area contributed by atoms with Crippen LogP contribution >= 0.6 is 0 Å². The summed E-state index contributed by atoms with van der Waals surface area (Å²) in [4.78, 5) is 3.91. The van der Waals surface area contributed by atoms with Gasteiger partial charge in [-0.2, -0.15) is 0 Å². The van der Waals surface area contributed by atoms with Gasteiger partial charge in [-0.25, -0.2) is 4.98 Å². The van der Waals surface area contributed by atoms with Crippen molar-refractivity contribution in [2.24, 2.45) is 0 Å². The molecule has 1 rings (SSSR count). The molecule has 4 N–H and O–H groups in total. The molecule has 0 saturated carbocycles. The lowest BCUT2D eigenvalue weighted by molar-refractivity contribution is 0.592. The van der Waals surface area contributed by atoms with Crippen LogP contribution in [0.2, 0.25) is 0 Å². The molecule has 0 aromatic carbocycles. The van der Waals surface area contributed by atoms with Crippen LogP contribution in [0.3, 0.4) is 0 Å². The standard InChI is InChI=1S/C9H15N3/c1-9(2,3)6-4-5-12-8(11)7(6)10/h4-5H,10H2,1-3H3,(H2,11,12). The van der Waals surface area contributed by atoms with Crippen LogP contribution in [0.1, 0.15) is 26.3 Å². The lowest BCUT2D eigenvalue weighted by Crippen LogP contribution is -2.15. The highest BCUT2D eigenvalue weighted by Crippen LogP contribution is 2.29. The van der Waals surface area contributed by atoms with Crippen LogP contribution in [-0.4, -0.2) is 4.98 Å². The summed E-state index contributed by atoms with van der Waals surface area (Å²) in [5.41, 5.74) is 13.0. The predicted octanol–water partition coefficient (Wildman–Crippen LogP) is 1.54. The SMILES string of the molecule is CC(C)(C)c1ccnc(N)c1N. The second-order valence-corrected chi connectivity index (χ2v) is 3.91. The van der Waals surface area contributed by atoms with Gasteiger partial charge in [0.05, 0.1) is 5.69 Å². The average Bonchev–Trinajstić information content (AvgIpc) is 1.92. The summed E-state index contributed by atoms with van der Waals surface area (Å²) >= 11 is 0. The van der Waals surface area contributed by atoms with Gasteiger partial charge >= 0.3 is 0 Å². The summed E-state index contributed by atoms with van der Waals surface area (Å²) in [6, 6.07) is 1.91. The lowest BCUT2D eigenvalue weighted by atomic mass is 9.86. The van der Waals surface area contributed by atoms with Gasteiger partial charge in [-0.1, -0.05) is 20.8 Å². The van der Waals surface area contributed by atoms with Crippen LogP contribution in [-0.2, 0) is 5.41 Å². The molecule has 0 aliphatic heterocycles. The van der Waals surface area contributed by atoms with Crippen LogP contribution < -0.4 is 11.5 Å². The third kappa shape index (κ3) is 1.49. The first-order chi connectivity index (χ1) is 5.43. The number of nitrogens with two attached hydrogens (primary N) is 2. The molecule has 0 saturated heterocycles. The molecule has 12 heavy (non-hydrogen) atoms. The van der Waals surface area contributed by atoms with E-state index in [-0.39, 0.29) is 5.41 Å². The number of pyridine rings is 1. The van der Waals surface area contributed by atoms with Gasteiger partial charge in [0.1, 0.15) is 5.82 Å². The molecule has 1 aromatic heterocycles. The minimum Gasteiger partial charge on any atom is -0.396 e. The Morgan fingerprint density at radius 1 is 1.25 bits per heavy atom. The molecule has 0 spiro atoms. The molecule has 1 aromatic rings. The zero-order valence-electron chi connectivity index (χ0n) is 7.76. The Balaban J connectivity index is 3.26. The predicted molar refractivity (Wildman–Crippen MR) is 51.8 cm³/mol. The zero-order chi connectivity index (χ0) is 9.35. The smallest absolute Gasteiger partial charge is 0.146 e. The number of anilines is 2. The van der Waals surface area contributed by atoms with Crippen LogP contribution in [0, 0.1) is 0 Å². The molecular formula is C9H15N3. The Bertz CT molecular complexity index is 286. The minimum atomic E-state index is 0.0289. The fraction of sp³-hybridized carbons (Fsp3) is 0.444. The Morgan fingerprint density at radius 2 is 1.83 bits per heavy atom. The van der Waals surface area contributed by atoms with E-state index in [1.54, 1.807) is 6.20 Å². The van der Waals surface area contributed by atoms with Crippen molar-refractivity contribution in [1.29, 1.82) is 0 Å². The molecule has 3 heteroatoms. The topological polar surface area (TPSA) is 64.9 Å². The van der Waals surface area contributed by atoms with Gasteiger partial charge in [-0.3, -0.25) is 0 Å². The van der Waals surface area contributed by atoms with E-state index in [9.17, 15) is 0 Å². The monoisotopic (exact) mass is 165 g/mol. The van der Waals surface area contributed by atoms with Crippen molar-refractivity contribution in [2.45, 2.75) is 26.2 Å². The summed E-state index contributed by atoms with van der Waals surface area (Å²) in [5.74, 6) is 0.419. The highest BCUT2D eigenvalue weighted by molar-refractivity contribution is 5.64. The van der Waals surface area contributed by atoms with E-state index in [0.717, 1.165) is 5.56 Å². The van der Waals surface area contributed by atoms with Crippen LogP contribution in [0.15, 0.2) is 12.3 Å². The van der Waals surface area contributed by atoms with E-state index in [0.29, 0.717) is 11.5 Å². The Labute approximate surface area is 72.8 Å². The third-order valence-electron chi connectivity index (χ3n) is 1.83. The van der Waals surface area contributed by atoms with Crippen LogP contribution in [0.5, 0.6) is 0 Å². The fourth-order valence-electron chi connectivity index (χ4n) is 1.14. The summed E-state index contributed by atoms with van der Waals surface area (Å²) in [6.07, 6.45) is 1.69. The minimum absolute atomic E-state index is 0.0289. The molecule has 0 fully saturated rings. The Hall–Kier alpha value is -1.25. The quantitative estimate of drug-likeness (QED) is 0.613. The normalized spacial score (nSPS) is 11.6. The maximum absolute atomic E-state index is 5.78. The number of nitrogen functional groups attached to an aromatic ring is 2. The first kappa shape index (κ1) is 8.84. The number of nitrogens with zero attached hydrogens (tertiary/aromatic N) is 1. The van der Waals surface area contributed by atoms with Gasteiger partial charge in [0.15, 0.2) is 0 Å². The van der Waals surface area contributed by atoms with E-state index in [1.807, 2.05) is 6.07 Å². The summed E-state index contributed by atoms with van der Waals surface area (Å²) in [5, 5.41) is 0. The van der Waals surface area contributed by atoms with Gasteiger partial charge in [0, 0.05) is 6.20 Å². The number of hydrogen-bond acceptors (Lipinski definition) is 3. The molecule has 0 radical (unpaired) electrons. The molecule has 0 unspecified atom stereocenters. The van der Waals surface area contributed by atoms with E-state index in [4.69, 9.17) is 11.5 Å². The summed E-state index contributed by atoms with van der Waals surface area (Å²) in [7, 11) is 0. The molecule has 0 aliphatic carbocycles. The number of rotatable bonds is 0. The van der Waals surface area contributed by atoms with Crippen molar-refractivity contribution in [3.05, 3.63) is 17.8 Å². The molecule has 0 bridgehead atoms. The van der Waals surface area contributed by atoms with Gasteiger partial charge in [0.25, 0.3) is 0 Å². The van der Waals surface area contributed by atoms with Crippen molar-refractivity contribution in [1.82, 2.24) is 4.98 Å². The average molecular weight is 165 g/mol. The largest absolute Gasteiger partial charge is 0.396 e. The van der Waals surface area contributed by atoms with Crippen molar-refractivity contribution in [3.8, 4) is 0 Å². The van der Waals surface area contributed by atoms with E-state index >= 15 is 0 Å². The maximum Gasteiger partial charge on any atom is 0.146 e. The Morgan fingerprint density at radius 3 is 2.25 bits per heavy atom. The van der Waals surface area contributed by atoms with Crippen molar-refractivity contribution >= 4 is 11.5 Å². The second kappa shape index (κ2) is 2.66. The zero-order valence-corrected chi connectivity index (χ0v) is 7.76. The van der Waals surface area contributed by atoms with Gasteiger partial charge in [-0.05, 0) is 17.0 Å². The van der Waals surface area contributed by atoms with E-state index < -0.39 is 0 Å². The number of aromatic nitrogens is 1. The molecular weight excluding hydrogens is 150 g/mol. The molecule has 3 nitrogen and oxygen atoms in total. The first-order valence-electron chi connectivity index (χ1n) is 3.93. The highest BCUT2D eigenvalue weighted by atomic mass is 14.9. The maximum atomic E-state index is 5.78. The van der Waals surface area contributed by atoms with Crippen molar-refractivity contribution < 1.29 is 0 Å². The van der Waals surface area contributed by atoms with E-state index in [1.165, 1.54) is 0 Å². The van der Waals surface area contributed by atoms with Gasteiger partial charge in [-0.15, -0.1) is 0 Å². The highest BCUT2D eigenvalue weighted by Gasteiger charge is 2.17. The first-order valence-corrected chi connectivity index (χ1v) is 3.93. The second-order valence-electron chi connectivity index (χ2n) is 3.91. The molecule has 0 atom stereocenters. The lowest BCUT2D eigenvalue weighted by Gasteiger charge is -2.21. The molecule has 0 aliphatic rings. The fourth-order valence-corrected chi connectivity index (χ4v) is 1.14. The Kier molecular flexibility index (Phi) is 1.96. The third-order valence-corrected chi connectivity index (χ3v) is 1.83. The molecule has 66 valence electrons. The number of hydrogen-bond donors (Lipinski definition) is 2. The van der Waals surface area contributed by atoms with E-state index in [2.05, 4.69) is 25.8 Å². The van der Waals surface area contributed by atoms with Gasteiger partial charge in [0.2, 0.25) is 0 Å². The van der Waals surface area contributed by atoms with Crippen molar-refractivity contribution in [2.75, 3.05) is 11.5 Å². The summed E-state index contributed by atoms with van der Waals surface area (Å²) in [6.45, 7) is 6.29. The van der Waals surface area contributed by atoms with Gasteiger partial charge < -0.3 is 11.5 Å². The van der Waals surface area contributed by atoms with Crippen molar-refractivity contribution in [3.63, 3.8) is 0 Å². The van der Waals surface area contributed by atoms with Crippen LogP contribution in [0.25, 0.3) is 0 Å². The van der Waals surface area contributed by atoms with Crippen LogP contribution in [0.4, 0.5) is 11.5 Å². The molecule has 1 heterocycles. The molecule has 0 amide bonds.